The number of aliphatic hydroxyl groups is 5. The predicted octanol–water partition coefficient (Wildman–Crippen LogP) is -3.58. The summed E-state index contributed by atoms with van der Waals surface area (Å²) >= 11 is 0. The number of aliphatic hydroxyl groups excluding tert-OH is 5. The summed E-state index contributed by atoms with van der Waals surface area (Å²) in [6.45, 7) is -0.312. The molecule has 1 aliphatic rings. The second kappa shape index (κ2) is 6.03. The van der Waals surface area contributed by atoms with Gasteiger partial charge in [-0.25, -0.2) is 4.99 Å². The zero-order valence-electron chi connectivity index (χ0n) is 8.93. The lowest BCUT2D eigenvalue weighted by Crippen LogP contribution is -2.50. The highest BCUT2D eigenvalue weighted by atomic mass is 16.5. The van der Waals surface area contributed by atoms with Crippen LogP contribution in [0.1, 0.15) is 0 Å². The van der Waals surface area contributed by atoms with Gasteiger partial charge in [-0.3, -0.25) is 4.79 Å². The Bertz CT molecular complexity index is 306. The summed E-state index contributed by atoms with van der Waals surface area (Å²) in [5, 5.41) is 45.8. The van der Waals surface area contributed by atoms with Crippen LogP contribution in [0.2, 0.25) is 0 Å². The number of hydrogen-bond acceptors (Lipinski definition) is 8. The average molecular weight is 249 g/mol. The fraction of sp³-hybridized carbons (Fsp3) is 0.778. The Morgan fingerprint density at radius 2 is 1.94 bits per heavy atom. The summed E-state index contributed by atoms with van der Waals surface area (Å²) < 4.78 is 4.79. The molecule has 0 aromatic carbocycles. The van der Waals surface area contributed by atoms with E-state index in [0.717, 1.165) is 0 Å². The molecule has 0 spiro atoms. The molecule has 5 N–H and O–H groups in total. The van der Waals surface area contributed by atoms with E-state index < -0.39 is 36.8 Å². The molecule has 1 heterocycles. The highest BCUT2D eigenvalue weighted by Gasteiger charge is 2.37. The van der Waals surface area contributed by atoms with E-state index in [9.17, 15) is 20.1 Å². The van der Waals surface area contributed by atoms with E-state index >= 15 is 0 Å². The molecule has 0 aromatic rings. The van der Waals surface area contributed by atoms with Crippen LogP contribution in [-0.2, 0) is 9.53 Å². The van der Waals surface area contributed by atoms with Crippen LogP contribution >= 0.6 is 0 Å². The monoisotopic (exact) mass is 249 g/mol. The van der Waals surface area contributed by atoms with Crippen molar-refractivity contribution in [3.8, 4) is 0 Å². The van der Waals surface area contributed by atoms with Gasteiger partial charge in [0, 0.05) is 0 Å². The minimum absolute atomic E-state index is 0.214. The largest absolute Gasteiger partial charge is 0.473 e. The first-order chi connectivity index (χ1) is 7.99. The van der Waals surface area contributed by atoms with Gasteiger partial charge in [0.25, 0.3) is 5.90 Å². The van der Waals surface area contributed by atoms with Crippen molar-refractivity contribution in [1.29, 1.82) is 0 Å². The van der Waals surface area contributed by atoms with Crippen molar-refractivity contribution in [3.63, 3.8) is 0 Å². The Labute approximate surface area is 96.8 Å². The van der Waals surface area contributed by atoms with Crippen molar-refractivity contribution in [2.24, 2.45) is 4.99 Å². The Morgan fingerprint density at radius 3 is 2.41 bits per heavy atom. The van der Waals surface area contributed by atoms with Gasteiger partial charge in [0.05, 0.1) is 13.2 Å². The van der Waals surface area contributed by atoms with E-state index in [-0.39, 0.29) is 19.0 Å². The van der Waals surface area contributed by atoms with E-state index in [1.165, 1.54) is 0 Å². The number of ketones is 1. The third-order valence-corrected chi connectivity index (χ3v) is 2.32. The van der Waals surface area contributed by atoms with Gasteiger partial charge in [0.1, 0.15) is 24.9 Å². The SMILES string of the molecule is O=C(C1=NCCO1)[C@H](O)[C@@H](O)[C@H](O)[C@H](O)CO. The molecule has 0 fully saturated rings. The molecule has 8 heteroatoms. The predicted molar refractivity (Wildman–Crippen MR) is 54.4 cm³/mol. The smallest absolute Gasteiger partial charge is 0.256 e. The molecule has 0 saturated carbocycles. The minimum Gasteiger partial charge on any atom is -0.473 e. The number of rotatable bonds is 6. The van der Waals surface area contributed by atoms with E-state index in [2.05, 4.69) is 4.99 Å². The maximum Gasteiger partial charge on any atom is 0.256 e. The first kappa shape index (κ1) is 14.0. The van der Waals surface area contributed by atoms with E-state index in [4.69, 9.17) is 14.9 Å². The number of carbonyl (C=O) groups is 1. The Morgan fingerprint density at radius 1 is 1.29 bits per heavy atom. The molecule has 0 unspecified atom stereocenters. The topological polar surface area (TPSA) is 140 Å². The van der Waals surface area contributed by atoms with E-state index in [0.29, 0.717) is 0 Å². The molecule has 1 rings (SSSR count). The average Bonchev–Trinajstić information content (AvgIpc) is 2.87. The van der Waals surface area contributed by atoms with Gasteiger partial charge < -0.3 is 30.3 Å². The number of aliphatic imine (C=N–C) groups is 1. The van der Waals surface area contributed by atoms with Crippen molar-refractivity contribution < 1.29 is 35.1 Å². The van der Waals surface area contributed by atoms with Crippen LogP contribution in [-0.4, -0.2) is 81.4 Å². The molecule has 0 saturated heterocycles. The van der Waals surface area contributed by atoms with Crippen LogP contribution in [0.3, 0.4) is 0 Å². The highest BCUT2D eigenvalue weighted by Crippen LogP contribution is 2.08. The quantitative estimate of drug-likeness (QED) is 0.328. The minimum atomic E-state index is -1.97. The number of Topliss-reactive ketones (excluding diaryl/α,β-unsaturated/α-hetero) is 1. The molecule has 8 nitrogen and oxygen atoms in total. The molecule has 98 valence electrons. The van der Waals surface area contributed by atoms with Crippen LogP contribution in [0.15, 0.2) is 4.99 Å². The van der Waals surface area contributed by atoms with Gasteiger partial charge >= 0.3 is 0 Å². The first-order valence-electron chi connectivity index (χ1n) is 5.03. The van der Waals surface area contributed by atoms with Crippen molar-refractivity contribution in [3.05, 3.63) is 0 Å². The second-order valence-corrected chi connectivity index (χ2v) is 3.58. The lowest BCUT2D eigenvalue weighted by molar-refractivity contribution is -0.142. The number of hydrogen-bond donors (Lipinski definition) is 5. The van der Waals surface area contributed by atoms with Gasteiger partial charge in [0.2, 0.25) is 5.78 Å². The molecule has 4 atom stereocenters. The second-order valence-electron chi connectivity index (χ2n) is 3.58. The normalized spacial score (nSPS) is 22.3. The van der Waals surface area contributed by atoms with Gasteiger partial charge in [-0.1, -0.05) is 0 Å². The van der Waals surface area contributed by atoms with Gasteiger partial charge in [0.15, 0.2) is 6.10 Å². The van der Waals surface area contributed by atoms with Crippen molar-refractivity contribution in [1.82, 2.24) is 0 Å². The summed E-state index contributed by atoms with van der Waals surface area (Å²) in [6, 6.07) is 0. The Balaban J connectivity index is 2.62. The zero-order chi connectivity index (χ0) is 13.0. The fourth-order valence-electron chi connectivity index (χ4n) is 1.29. The highest BCUT2D eigenvalue weighted by molar-refractivity contribution is 6.38. The summed E-state index contributed by atoms with van der Waals surface area (Å²) in [4.78, 5) is 15.1. The van der Waals surface area contributed by atoms with Crippen molar-refractivity contribution in [2.45, 2.75) is 24.4 Å². The number of carbonyl (C=O) groups excluding carboxylic acids is 1. The van der Waals surface area contributed by atoms with Gasteiger partial charge in [-0.15, -0.1) is 0 Å². The lowest BCUT2D eigenvalue weighted by Gasteiger charge is -2.24. The molecule has 0 amide bonds. The van der Waals surface area contributed by atoms with Crippen LogP contribution in [0.5, 0.6) is 0 Å². The summed E-state index contributed by atoms with van der Waals surface area (Å²) in [5.74, 6) is -1.29. The van der Waals surface area contributed by atoms with Crippen LogP contribution in [0, 0.1) is 0 Å². The maximum atomic E-state index is 11.5. The third kappa shape index (κ3) is 3.20. The zero-order valence-corrected chi connectivity index (χ0v) is 8.93. The fourth-order valence-corrected chi connectivity index (χ4v) is 1.29. The van der Waals surface area contributed by atoms with Gasteiger partial charge in [-0.2, -0.15) is 0 Å². The summed E-state index contributed by atoms with van der Waals surface area (Å²) in [5.41, 5.74) is 0. The van der Waals surface area contributed by atoms with Crippen molar-refractivity contribution in [2.75, 3.05) is 19.8 Å². The van der Waals surface area contributed by atoms with Crippen LogP contribution < -0.4 is 0 Å². The standard InChI is InChI=1S/C9H15NO7/c11-3-4(12)5(13)6(14)7(15)8(16)9-10-1-2-17-9/h4-7,11-15H,1-3H2/t4-,5-,6+,7-/m1/s1. The molecule has 0 aliphatic carbocycles. The first-order valence-corrected chi connectivity index (χ1v) is 5.03. The van der Waals surface area contributed by atoms with Crippen LogP contribution in [0.25, 0.3) is 0 Å². The summed E-state index contributed by atoms with van der Waals surface area (Å²) in [7, 11) is 0. The molecule has 0 bridgehead atoms. The Hall–Kier alpha value is -1.06. The summed E-state index contributed by atoms with van der Waals surface area (Å²) in [6.07, 6.45) is -7.40. The molecule has 1 aliphatic heterocycles. The molecular formula is C9H15NO7. The Kier molecular flexibility index (Phi) is 4.97. The lowest BCUT2D eigenvalue weighted by atomic mass is 10.0. The van der Waals surface area contributed by atoms with E-state index in [1.54, 1.807) is 0 Å². The van der Waals surface area contributed by atoms with E-state index in [1.807, 2.05) is 0 Å². The maximum absolute atomic E-state index is 11.5. The molecule has 17 heavy (non-hydrogen) atoms. The van der Waals surface area contributed by atoms with Crippen molar-refractivity contribution >= 4 is 11.7 Å². The van der Waals surface area contributed by atoms with Crippen LogP contribution in [0.4, 0.5) is 0 Å². The molecule has 0 radical (unpaired) electrons. The molecular weight excluding hydrogens is 234 g/mol. The number of ether oxygens (including phenoxy) is 1. The third-order valence-electron chi connectivity index (χ3n) is 2.32. The number of nitrogens with zero attached hydrogens (tertiary/aromatic N) is 1. The van der Waals surface area contributed by atoms with Gasteiger partial charge in [-0.05, 0) is 0 Å². The molecule has 0 aromatic heterocycles.